The Labute approximate surface area is 110 Å². The first-order valence-electron chi connectivity index (χ1n) is 5.81. The van der Waals surface area contributed by atoms with E-state index in [1.807, 2.05) is 13.8 Å². The molecule has 1 aromatic rings. The minimum absolute atomic E-state index is 0.00595. The van der Waals surface area contributed by atoms with Gasteiger partial charge in [-0.25, -0.2) is 10.8 Å². The molecule has 100 valence electrons. The third kappa shape index (κ3) is 4.89. The number of nitrogens with one attached hydrogen (secondary N) is 2. The number of hydrazine groups is 1. The molecule has 18 heavy (non-hydrogen) atoms. The van der Waals surface area contributed by atoms with Gasteiger partial charge in [-0.05, 0) is 6.42 Å². The Morgan fingerprint density at radius 3 is 3.00 bits per heavy atom. The molecule has 0 saturated carbocycles. The molecule has 0 spiro atoms. The number of hydrogen-bond acceptors (Lipinski definition) is 5. The van der Waals surface area contributed by atoms with Crippen LogP contribution >= 0.6 is 11.8 Å². The lowest BCUT2D eigenvalue weighted by molar-refractivity contribution is -0.121. The first kappa shape index (κ1) is 14.7. The molecule has 1 amide bonds. The smallest absolute Gasteiger partial charge is 0.251 e. The van der Waals surface area contributed by atoms with E-state index in [0.29, 0.717) is 5.16 Å². The molecule has 0 fully saturated rings. The number of carbonyl (C=O) groups is 1. The van der Waals surface area contributed by atoms with Gasteiger partial charge in [-0.15, -0.1) is 0 Å². The second-order valence-electron chi connectivity index (χ2n) is 3.99. The number of amides is 1. The molecule has 0 aliphatic carbocycles. The van der Waals surface area contributed by atoms with Crippen LogP contribution in [0.25, 0.3) is 0 Å². The van der Waals surface area contributed by atoms with Crippen molar-refractivity contribution < 1.29 is 4.79 Å². The highest BCUT2D eigenvalue weighted by Gasteiger charge is 2.11. The van der Waals surface area contributed by atoms with Crippen LogP contribution in [0.5, 0.6) is 0 Å². The van der Waals surface area contributed by atoms with Gasteiger partial charge in [-0.1, -0.05) is 32.0 Å². The Morgan fingerprint density at radius 1 is 1.67 bits per heavy atom. The summed E-state index contributed by atoms with van der Waals surface area (Å²) in [6.07, 6.45) is 1.99. The molecule has 0 radical (unpaired) electrons. The van der Waals surface area contributed by atoms with Crippen molar-refractivity contribution in [3.8, 4) is 0 Å². The van der Waals surface area contributed by atoms with E-state index in [1.54, 1.807) is 0 Å². The molecule has 1 rings (SSSR count). The summed E-state index contributed by atoms with van der Waals surface area (Å²) in [5.74, 6) is 4.79. The van der Waals surface area contributed by atoms with Crippen LogP contribution in [0.2, 0.25) is 0 Å². The highest BCUT2D eigenvalue weighted by atomic mass is 32.2. The number of aryl methyl sites for hydroxylation is 1. The maximum atomic E-state index is 11.4. The molecule has 1 aromatic heterocycles. The molecule has 1 heterocycles. The zero-order chi connectivity index (χ0) is 13.5. The van der Waals surface area contributed by atoms with Gasteiger partial charge in [0.05, 0.1) is 0 Å². The lowest BCUT2D eigenvalue weighted by Crippen LogP contribution is -2.31. The predicted molar refractivity (Wildman–Crippen MR) is 71.1 cm³/mol. The molecule has 7 heteroatoms. The maximum absolute atomic E-state index is 11.4. The van der Waals surface area contributed by atoms with Gasteiger partial charge in [0.25, 0.3) is 5.56 Å². The van der Waals surface area contributed by atoms with E-state index in [0.717, 1.165) is 18.5 Å². The van der Waals surface area contributed by atoms with Gasteiger partial charge in [0.2, 0.25) is 5.91 Å². The van der Waals surface area contributed by atoms with E-state index < -0.39 is 0 Å². The van der Waals surface area contributed by atoms with Crippen molar-refractivity contribution in [3.63, 3.8) is 0 Å². The number of aromatic amines is 1. The van der Waals surface area contributed by atoms with Crippen molar-refractivity contribution in [2.75, 3.05) is 0 Å². The fourth-order valence-electron chi connectivity index (χ4n) is 1.48. The Hall–Kier alpha value is -1.34. The number of H-pyrrole nitrogens is 1. The van der Waals surface area contributed by atoms with E-state index in [9.17, 15) is 9.59 Å². The molecule has 6 nitrogen and oxygen atoms in total. The summed E-state index contributed by atoms with van der Waals surface area (Å²) < 4.78 is 0. The van der Waals surface area contributed by atoms with Crippen LogP contribution in [0.1, 0.15) is 32.4 Å². The third-order valence-electron chi connectivity index (χ3n) is 2.23. The summed E-state index contributed by atoms with van der Waals surface area (Å²) in [6.45, 7) is 3.91. The van der Waals surface area contributed by atoms with Crippen LogP contribution in [-0.4, -0.2) is 21.1 Å². The molecule has 1 unspecified atom stereocenters. The standard InChI is InChI=1S/C11H18N4O2S/c1-3-4-8-6-9(16)14-11(13-8)18-7(2)5-10(17)15-12/h6-7H,3-5,12H2,1-2H3,(H,15,17)(H,13,14,16). The normalized spacial score (nSPS) is 12.2. The number of nitrogens with two attached hydrogens (primary N) is 1. The summed E-state index contributed by atoms with van der Waals surface area (Å²) in [7, 11) is 0. The zero-order valence-electron chi connectivity index (χ0n) is 10.5. The van der Waals surface area contributed by atoms with Crippen LogP contribution < -0.4 is 16.8 Å². The second-order valence-corrected chi connectivity index (χ2v) is 5.42. The average molecular weight is 270 g/mol. The summed E-state index contributed by atoms with van der Waals surface area (Å²) in [5.41, 5.74) is 2.70. The molecule has 0 bridgehead atoms. The fraction of sp³-hybridized carbons (Fsp3) is 0.545. The van der Waals surface area contributed by atoms with Gasteiger partial charge in [0.1, 0.15) is 0 Å². The zero-order valence-corrected chi connectivity index (χ0v) is 11.3. The number of aromatic nitrogens is 2. The Morgan fingerprint density at radius 2 is 2.39 bits per heavy atom. The van der Waals surface area contributed by atoms with Crippen LogP contribution in [0.15, 0.2) is 16.0 Å². The van der Waals surface area contributed by atoms with E-state index in [1.165, 1.54) is 17.8 Å². The largest absolute Gasteiger partial charge is 0.301 e. The van der Waals surface area contributed by atoms with Crippen molar-refractivity contribution in [2.45, 2.75) is 43.5 Å². The molecular weight excluding hydrogens is 252 g/mol. The van der Waals surface area contributed by atoms with Crippen molar-refractivity contribution >= 4 is 17.7 Å². The number of hydrogen-bond donors (Lipinski definition) is 3. The number of nitrogens with zero attached hydrogens (tertiary/aromatic N) is 1. The summed E-state index contributed by atoms with van der Waals surface area (Å²) in [6, 6.07) is 1.50. The quantitative estimate of drug-likeness (QED) is 0.231. The molecular formula is C11H18N4O2S. The lowest BCUT2D eigenvalue weighted by Gasteiger charge is -2.09. The summed E-state index contributed by atoms with van der Waals surface area (Å²) in [5, 5.41) is 0.539. The van der Waals surface area contributed by atoms with Crippen LogP contribution in [0.3, 0.4) is 0 Å². The summed E-state index contributed by atoms with van der Waals surface area (Å²) in [4.78, 5) is 29.5. The van der Waals surface area contributed by atoms with Crippen molar-refractivity contribution in [3.05, 3.63) is 22.1 Å². The molecule has 0 saturated heterocycles. The summed E-state index contributed by atoms with van der Waals surface area (Å²) >= 11 is 1.36. The monoisotopic (exact) mass is 270 g/mol. The SMILES string of the molecule is CCCc1cc(=O)[nH]c(SC(C)CC(=O)NN)n1. The van der Waals surface area contributed by atoms with E-state index in [-0.39, 0.29) is 23.1 Å². The van der Waals surface area contributed by atoms with Crippen LogP contribution in [0.4, 0.5) is 0 Å². The highest BCUT2D eigenvalue weighted by molar-refractivity contribution is 7.99. The van der Waals surface area contributed by atoms with Crippen molar-refractivity contribution in [1.29, 1.82) is 0 Å². The second kappa shape index (κ2) is 7.17. The van der Waals surface area contributed by atoms with Gasteiger partial charge in [0, 0.05) is 23.4 Å². The van der Waals surface area contributed by atoms with Crippen molar-refractivity contribution in [1.82, 2.24) is 15.4 Å². The van der Waals surface area contributed by atoms with Gasteiger partial charge in [-0.2, -0.15) is 0 Å². The Bertz CT molecular complexity index is 461. The van der Waals surface area contributed by atoms with E-state index in [2.05, 4.69) is 15.4 Å². The number of rotatable bonds is 6. The fourth-order valence-corrected chi connectivity index (χ4v) is 2.42. The van der Waals surface area contributed by atoms with Crippen LogP contribution in [0, 0.1) is 0 Å². The van der Waals surface area contributed by atoms with Gasteiger partial charge in [0.15, 0.2) is 5.16 Å². The maximum Gasteiger partial charge on any atom is 0.251 e. The minimum atomic E-state index is -0.234. The van der Waals surface area contributed by atoms with E-state index in [4.69, 9.17) is 5.84 Å². The third-order valence-corrected chi connectivity index (χ3v) is 3.21. The average Bonchev–Trinajstić information content (AvgIpc) is 2.28. The Kier molecular flexibility index (Phi) is 5.87. The van der Waals surface area contributed by atoms with Gasteiger partial charge >= 0.3 is 0 Å². The molecule has 0 aromatic carbocycles. The predicted octanol–water partition coefficient (Wildman–Crippen LogP) is 0.583. The number of thioether (sulfide) groups is 1. The highest BCUT2D eigenvalue weighted by Crippen LogP contribution is 2.20. The molecule has 1 atom stereocenters. The number of carbonyl (C=O) groups excluding carboxylic acids is 1. The Balaban J connectivity index is 2.71. The first-order valence-corrected chi connectivity index (χ1v) is 6.69. The first-order chi connectivity index (χ1) is 8.55. The van der Waals surface area contributed by atoms with Crippen LogP contribution in [-0.2, 0) is 11.2 Å². The molecule has 4 N–H and O–H groups in total. The lowest BCUT2D eigenvalue weighted by atomic mass is 10.2. The molecule has 0 aliphatic heterocycles. The van der Waals surface area contributed by atoms with Gasteiger partial charge in [-0.3, -0.25) is 15.0 Å². The topological polar surface area (TPSA) is 101 Å². The minimum Gasteiger partial charge on any atom is -0.301 e. The van der Waals surface area contributed by atoms with E-state index >= 15 is 0 Å². The van der Waals surface area contributed by atoms with Gasteiger partial charge < -0.3 is 4.98 Å². The van der Waals surface area contributed by atoms with Crippen molar-refractivity contribution in [2.24, 2.45) is 5.84 Å². The molecule has 0 aliphatic rings.